The molecular weight excluding hydrogens is 395 g/mol. The van der Waals surface area contributed by atoms with Crippen LogP contribution in [0.3, 0.4) is 0 Å². The predicted octanol–water partition coefficient (Wildman–Crippen LogP) is 3.51. The van der Waals surface area contributed by atoms with Gasteiger partial charge in [-0.1, -0.05) is 36.5 Å². The molecule has 0 aliphatic carbocycles. The van der Waals surface area contributed by atoms with Crippen molar-refractivity contribution in [2.24, 2.45) is 5.73 Å². The SMILES string of the molecule is Cc1cccc(C(=O)N(C)c2ccccc2C(N)=S)c1I. The molecule has 21 heavy (non-hydrogen) atoms. The van der Waals surface area contributed by atoms with Crippen LogP contribution in [0.4, 0.5) is 5.69 Å². The summed E-state index contributed by atoms with van der Waals surface area (Å²) in [6, 6.07) is 13.1. The molecule has 2 aromatic rings. The van der Waals surface area contributed by atoms with Crippen molar-refractivity contribution in [3.05, 3.63) is 62.7 Å². The molecule has 108 valence electrons. The first-order valence-electron chi connectivity index (χ1n) is 6.35. The predicted molar refractivity (Wildman–Crippen MR) is 99.0 cm³/mol. The number of rotatable bonds is 3. The number of amides is 1. The molecule has 0 saturated heterocycles. The maximum absolute atomic E-state index is 12.7. The van der Waals surface area contributed by atoms with Crippen LogP contribution < -0.4 is 10.6 Å². The largest absolute Gasteiger partial charge is 0.389 e. The molecule has 0 fully saturated rings. The van der Waals surface area contributed by atoms with E-state index < -0.39 is 0 Å². The Balaban J connectivity index is 2.45. The Morgan fingerprint density at radius 1 is 1.14 bits per heavy atom. The van der Waals surface area contributed by atoms with Gasteiger partial charge >= 0.3 is 0 Å². The van der Waals surface area contributed by atoms with Gasteiger partial charge in [0.2, 0.25) is 0 Å². The molecule has 0 bridgehead atoms. The first-order valence-corrected chi connectivity index (χ1v) is 7.84. The van der Waals surface area contributed by atoms with Crippen LogP contribution in [0, 0.1) is 10.5 Å². The third-order valence-corrected chi connectivity index (χ3v) is 4.91. The van der Waals surface area contributed by atoms with Gasteiger partial charge in [-0.25, -0.2) is 0 Å². The lowest BCUT2D eigenvalue weighted by Gasteiger charge is -2.21. The second-order valence-corrected chi connectivity index (χ2v) is 6.20. The molecule has 5 heteroatoms. The van der Waals surface area contributed by atoms with E-state index in [1.165, 1.54) is 0 Å². The van der Waals surface area contributed by atoms with Gasteiger partial charge in [0.05, 0.1) is 11.3 Å². The van der Waals surface area contributed by atoms with Gasteiger partial charge in [-0.3, -0.25) is 4.79 Å². The highest BCUT2D eigenvalue weighted by Crippen LogP contribution is 2.24. The third kappa shape index (κ3) is 3.24. The van der Waals surface area contributed by atoms with E-state index in [0.717, 1.165) is 9.13 Å². The number of halogens is 1. The fraction of sp³-hybridized carbons (Fsp3) is 0.125. The normalized spacial score (nSPS) is 10.2. The van der Waals surface area contributed by atoms with Gasteiger partial charge < -0.3 is 10.6 Å². The fourth-order valence-electron chi connectivity index (χ4n) is 2.08. The first kappa shape index (κ1) is 15.9. The molecule has 0 heterocycles. The van der Waals surface area contributed by atoms with E-state index in [1.54, 1.807) is 11.9 Å². The van der Waals surface area contributed by atoms with Crippen molar-refractivity contribution in [2.75, 3.05) is 11.9 Å². The van der Waals surface area contributed by atoms with Crippen LogP contribution in [0.2, 0.25) is 0 Å². The van der Waals surface area contributed by atoms with Crippen molar-refractivity contribution in [1.82, 2.24) is 0 Å². The van der Waals surface area contributed by atoms with Gasteiger partial charge in [-0.2, -0.15) is 0 Å². The van der Waals surface area contributed by atoms with Gasteiger partial charge in [0.1, 0.15) is 4.99 Å². The van der Waals surface area contributed by atoms with E-state index in [-0.39, 0.29) is 10.9 Å². The van der Waals surface area contributed by atoms with Crippen molar-refractivity contribution in [3.63, 3.8) is 0 Å². The van der Waals surface area contributed by atoms with Crippen LogP contribution in [0.1, 0.15) is 21.5 Å². The number of anilines is 1. The molecule has 2 rings (SSSR count). The van der Waals surface area contributed by atoms with Crippen LogP contribution in [-0.2, 0) is 0 Å². The average molecular weight is 410 g/mol. The number of nitrogens with two attached hydrogens (primary N) is 1. The number of para-hydroxylation sites is 1. The highest BCUT2D eigenvalue weighted by molar-refractivity contribution is 14.1. The summed E-state index contributed by atoms with van der Waals surface area (Å²) in [6.45, 7) is 1.99. The minimum absolute atomic E-state index is 0.0770. The van der Waals surface area contributed by atoms with Crippen LogP contribution in [0.25, 0.3) is 0 Å². The van der Waals surface area contributed by atoms with Gasteiger partial charge in [0.25, 0.3) is 5.91 Å². The zero-order valence-corrected chi connectivity index (χ0v) is 14.7. The second kappa shape index (κ2) is 6.53. The number of carbonyl (C=O) groups is 1. The summed E-state index contributed by atoms with van der Waals surface area (Å²) in [5.41, 5.74) is 8.91. The summed E-state index contributed by atoms with van der Waals surface area (Å²) in [5.74, 6) is -0.0770. The summed E-state index contributed by atoms with van der Waals surface area (Å²) >= 11 is 7.25. The van der Waals surface area contributed by atoms with Gasteiger partial charge in [-0.15, -0.1) is 0 Å². The van der Waals surface area contributed by atoms with E-state index in [4.69, 9.17) is 18.0 Å². The van der Waals surface area contributed by atoms with Crippen molar-refractivity contribution in [2.45, 2.75) is 6.92 Å². The first-order chi connectivity index (χ1) is 9.93. The van der Waals surface area contributed by atoms with Crippen LogP contribution in [0.15, 0.2) is 42.5 Å². The van der Waals surface area contributed by atoms with Crippen molar-refractivity contribution in [3.8, 4) is 0 Å². The summed E-state index contributed by atoms with van der Waals surface area (Å²) in [6.07, 6.45) is 0. The Bertz CT molecular complexity index is 715. The Hall–Kier alpha value is -1.47. The number of aryl methyl sites for hydroxylation is 1. The quantitative estimate of drug-likeness (QED) is 0.623. The number of benzene rings is 2. The molecule has 0 saturated carbocycles. The summed E-state index contributed by atoms with van der Waals surface area (Å²) in [5, 5.41) is 0. The van der Waals surface area contributed by atoms with Crippen molar-refractivity contribution in [1.29, 1.82) is 0 Å². The van der Waals surface area contributed by atoms with Gasteiger partial charge in [-0.05, 0) is 53.3 Å². The second-order valence-electron chi connectivity index (χ2n) is 4.68. The minimum atomic E-state index is -0.0770. The zero-order valence-electron chi connectivity index (χ0n) is 11.8. The van der Waals surface area contributed by atoms with E-state index in [1.807, 2.05) is 49.4 Å². The number of carbonyl (C=O) groups excluding carboxylic acids is 1. The van der Waals surface area contributed by atoms with E-state index in [9.17, 15) is 4.79 Å². The van der Waals surface area contributed by atoms with Gasteiger partial charge in [0.15, 0.2) is 0 Å². The van der Waals surface area contributed by atoms with E-state index in [2.05, 4.69) is 22.6 Å². The Labute approximate surface area is 143 Å². The Morgan fingerprint density at radius 3 is 2.43 bits per heavy atom. The Morgan fingerprint density at radius 2 is 1.76 bits per heavy atom. The van der Waals surface area contributed by atoms with Crippen molar-refractivity contribution >= 4 is 51.4 Å². The molecule has 0 spiro atoms. The average Bonchev–Trinajstić information content (AvgIpc) is 2.48. The summed E-state index contributed by atoms with van der Waals surface area (Å²) in [7, 11) is 1.73. The monoisotopic (exact) mass is 410 g/mol. The summed E-state index contributed by atoms with van der Waals surface area (Å²) in [4.78, 5) is 14.6. The van der Waals surface area contributed by atoms with Crippen LogP contribution in [-0.4, -0.2) is 17.9 Å². The molecule has 0 unspecified atom stereocenters. The highest BCUT2D eigenvalue weighted by Gasteiger charge is 2.19. The van der Waals surface area contributed by atoms with E-state index in [0.29, 0.717) is 16.8 Å². The number of nitrogens with zero attached hydrogens (tertiary/aromatic N) is 1. The standard InChI is InChI=1S/C16H15IN2OS/c1-10-6-5-8-12(14(10)17)16(20)19(2)13-9-4-3-7-11(13)15(18)21/h3-9H,1-2H3,(H2,18,21). The highest BCUT2D eigenvalue weighted by atomic mass is 127. The molecule has 0 aliphatic heterocycles. The lowest BCUT2D eigenvalue weighted by atomic mass is 10.1. The number of hydrogen-bond donors (Lipinski definition) is 1. The maximum atomic E-state index is 12.7. The molecule has 0 aliphatic rings. The lowest BCUT2D eigenvalue weighted by molar-refractivity contribution is 0.0992. The van der Waals surface area contributed by atoms with Gasteiger partial charge in [0, 0.05) is 16.2 Å². The maximum Gasteiger partial charge on any atom is 0.259 e. The molecule has 0 aromatic heterocycles. The lowest BCUT2D eigenvalue weighted by Crippen LogP contribution is -2.29. The molecule has 0 atom stereocenters. The Kier molecular flexibility index (Phi) is 4.95. The minimum Gasteiger partial charge on any atom is -0.389 e. The molecule has 2 N–H and O–H groups in total. The number of hydrogen-bond acceptors (Lipinski definition) is 2. The van der Waals surface area contributed by atoms with Crippen LogP contribution >= 0.6 is 34.8 Å². The molecular formula is C16H15IN2OS. The molecule has 2 aromatic carbocycles. The molecule has 0 radical (unpaired) electrons. The third-order valence-electron chi connectivity index (χ3n) is 3.26. The zero-order chi connectivity index (χ0) is 15.6. The fourth-order valence-corrected chi connectivity index (χ4v) is 2.84. The molecule has 1 amide bonds. The smallest absolute Gasteiger partial charge is 0.259 e. The number of thiocarbonyl (C=S) groups is 1. The molecule has 3 nitrogen and oxygen atoms in total. The van der Waals surface area contributed by atoms with Crippen molar-refractivity contribution < 1.29 is 4.79 Å². The summed E-state index contributed by atoms with van der Waals surface area (Å²) < 4.78 is 0.958. The topological polar surface area (TPSA) is 46.3 Å². The van der Waals surface area contributed by atoms with E-state index >= 15 is 0 Å². The van der Waals surface area contributed by atoms with Crippen LogP contribution in [0.5, 0.6) is 0 Å².